The van der Waals surface area contributed by atoms with Gasteiger partial charge in [0.1, 0.15) is 6.10 Å². The van der Waals surface area contributed by atoms with Crippen molar-refractivity contribution in [3.63, 3.8) is 0 Å². The summed E-state index contributed by atoms with van der Waals surface area (Å²) in [4.78, 5) is 7.68. The SMILES string of the molecule is CN=C(NCC(C)CN1CCOCC1)NCC(O)c1cc2ccccc2s1. The minimum Gasteiger partial charge on any atom is -0.386 e. The van der Waals surface area contributed by atoms with Gasteiger partial charge in [0.2, 0.25) is 0 Å². The van der Waals surface area contributed by atoms with E-state index in [0.717, 1.165) is 50.2 Å². The molecule has 3 rings (SSSR count). The van der Waals surface area contributed by atoms with Crippen LogP contribution in [0.15, 0.2) is 35.3 Å². The number of nitrogens with one attached hydrogen (secondary N) is 2. The molecule has 1 fully saturated rings. The maximum absolute atomic E-state index is 10.5. The highest BCUT2D eigenvalue weighted by molar-refractivity contribution is 7.19. The van der Waals surface area contributed by atoms with E-state index in [1.807, 2.05) is 12.1 Å². The lowest BCUT2D eigenvalue weighted by atomic mass is 10.1. The minimum atomic E-state index is -0.549. The van der Waals surface area contributed by atoms with Gasteiger partial charge in [-0.1, -0.05) is 25.1 Å². The standard InChI is InChI=1S/C20H30N4O2S/c1-15(14-24-7-9-26-10-8-24)12-22-20(21-2)23-13-17(25)19-11-16-5-3-4-6-18(16)27-19/h3-6,11,15,17,25H,7-10,12-14H2,1-2H3,(H2,21,22,23). The van der Waals surface area contributed by atoms with Crippen LogP contribution in [-0.4, -0.2) is 69.0 Å². The molecule has 2 heterocycles. The van der Waals surface area contributed by atoms with Crippen molar-refractivity contribution in [3.8, 4) is 0 Å². The number of fused-ring (bicyclic) bond motifs is 1. The third kappa shape index (κ3) is 5.90. The number of aliphatic imine (C=N–C) groups is 1. The number of benzene rings is 1. The van der Waals surface area contributed by atoms with Gasteiger partial charge >= 0.3 is 0 Å². The van der Waals surface area contributed by atoms with Gasteiger partial charge in [0.15, 0.2) is 5.96 Å². The fourth-order valence-corrected chi connectivity index (χ4v) is 4.29. The summed E-state index contributed by atoms with van der Waals surface area (Å²) in [6, 6.07) is 10.3. The molecule has 0 spiro atoms. The number of hydrogen-bond acceptors (Lipinski definition) is 5. The van der Waals surface area contributed by atoms with Gasteiger partial charge in [0, 0.05) is 49.3 Å². The van der Waals surface area contributed by atoms with Crippen molar-refractivity contribution in [1.29, 1.82) is 0 Å². The molecule has 6 nitrogen and oxygen atoms in total. The minimum absolute atomic E-state index is 0.435. The van der Waals surface area contributed by atoms with Crippen LogP contribution in [0.2, 0.25) is 0 Å². The summed E-state index contributed by atoms with van der Waals surface area (Å²) >= 11 is 1.64. The average Bonchev–Trinajstić information content (AvgIpc) is 3.13. The Morgan fingerprint density at radius 2 is 2.00 bits per heavy atom. The summed E-state index contributed by atoms with van der Waals surface area (Å²) in [7, 11) is 1.76. The number of aliphatic hydroxyl groups excluding tert-OH is 1. The maximum Gasteiger partial charge on any atom is 0.191 e. The normalized spacial score (nSPS) is 18.4. The molecule has 0 saturated carbocycles. The Morgan fingerprint density at radius 1 is 1.26 bits per heavy atom. The first-order valence-corrected chi connectivity index (χ1v) is 10.4. The molecular weight excluding hydrogens is 360 g/mol. The third-order valence-electron chi connectivity index (χ3n) is 4.75. The monoisotopic (exact) mass is 390 g/mol. The first-order valence-electron chi connectivity index (χ1n) is 9.57. The zero-order valence-corrected chi connectivity index (χ0v) is 17.0. The van der Waals surface area contributed by atoms with Crippen LogP contribution in [0.5, 0.6) is 0 Å². The first-order chi connectivity index (χ1) is 13.2. The quantitative estimate of drug-likeness (QED) is 0.499. The van der Waals surface area contributed by atoms with Crippen LogP contribution in [0.3, 0.4) is 0 Å². The zero-order chi connectivity index (χ0) is 19.1. The van der Waals surface area contributed by atoms with Crippen molar-refractivity contribution in [2.24, 2.45) is 10.9 Å². The van der Waals surface area contributed by atoms with Crippen molar-refractivity contribution in [2.45, 2.75) is 13.0 Å². The third-order valence-corrected chi connectivity index (χ3v) is 5.97. The van der Waals surface area contributed by atoms with Crippen LogP contribution in [0.1, 0.15) is 17.9 Å². The van der Waals surface area contributed by atoms with E-state index < -0.39 is 6.10 Å². The lowest BCUT2D eigenvalue weighted by Crippen LogP contribution is -2.44. The Kier molecular flexibility index (Phi) is 7.46. The second-order valence-corrected chi connectivity index (χ2v) is 8.17. The maximum atomic E-state index is 10.5. The van der Waals surface area contributed by atoms with Gasteiger partial charge in [0.05, 0.1) is 13.2 Å². The van der Waals surface area contributed by atoms with Gasteiger partial charge in [-0.15, -0.1) is 11.3 Å². The molecule has 148 valence electrons. The van der Waals surface area contributed by atoms with E-state index in [0.29, 0.717) is 12.5 Å². The van der Waals surface area contributed by atoms with Gasteiger partial charge in [-0.2, -0.15) is 0 Å². The highest BCUT2D eigenvalue weighted by atomic mass is 32.1. The van der Waals surface area contributed by atoms with Crippen LogP contribution >= 0.6 is 11.3 Å². The smallest absolute Gasteiger partial charge is 0.191 e. The topological polar surface area (TPSA) is 69.1 Å². The molecule has 2 unspecified atom stereocenters. The zero-order valence-electron chi connectivity index (χ0n) is 16.1. The number of thiophene rings is 1. The Bertz CT molecular complexity index is 709. The number of guanidine groups is 1. The van der Waals surface area contributed by atoms with Gasteiger partial charge in [-0.05, 0) is 23.4 Å². The molecule has 2 aromatic rings. The van der Waals surface area contributed by atoms with Crippen molar-refractivity contribution in [3.05, 3.63) is 35.2 Å². The summed E-state index contributed by atoms with van der Waals surface area (Å²) in [5, 5.41) is 18.3. The molecule has 0 bridgehead atoms. The Morgan fingerprint density at radius 3 is 2.74 bits per heavy atom. The summed E-state index contributed by atoms with van der Waals surface area (Å²) < 4.78 is 6.60. The van der Waals surface area contributed by atoms with Gasteiger partial charge in [0.25, 0.3) is 0 Å². The number of rotatable bonds is 7. The van der Waals surface area contributed by atoms with Gasteiger partial charge < -0.3 is 20.5 Å². The molecule has 1 saturated heterocycles. The molecule has 2 atom stereocenters. The van der Waals surface area contributed by atoms with Crippen molar-refractivity contribution in [1.82, 2.24) is 15.5 Å². The van der Waals surface area contributed by atoms with Crippen LogP contribution in [0, 0.1) is 5.92 Å². The van der Waals surface area contributed by atoms with E-state index >= 15 is 0 Å². The second kappa shape index (κ2) is 10.0. The molecule has 0 radical (unpaired) electrons. The number of morpholine rings is 1. The largest absolute Gasteiger partial charge is 0.386 e. The molecule has 3 N–H and O–H groups in total. The Balaban J connectivity index is 1.42. The van der Waals surface area contributed by atoms with Gasteiger partial charge in [-0.25, -0.2) is 0 Å². The fourth-order valence-electron chi connectivity index (χ4n) is 3.24. The molecule has 7 heteroatoms. The van der Waals surface area contributed by atoms with Crippen LogP contribution in [-0.2, 0) is 4.74 Å². The summed E-state index contributed by atoms with van der Waals surface area (Å²) in [6.45, 7) is 8.26. The van der Waals surface area contributed by atoms with E-state index in [1.54, 1.807) is 18.4 Å². The van der Waals surface area contributed by atoms with Crippen LogP contribution in [0.4, 0.5) is 0 Å². The molecule has 1 aliphatic heterocycles. The molecule has 1 aromatic heterocycles. The van der Waals surface area contributed by atoms with E-state index in [-0.39, 0.29) is 0 Å². The summed E-state index contributed by atoms with van der Waals surface area (Å²) in [5.41, 5.74) is 0. The van der Waals surface area contributed by atoms with Crippen molar-refractivity contribution in [2.75, 3.05) is 53.0 Å². The molecule has 1 aromatic carbocycles. The summed E-state index contributed by atoms with van der Waals surface area (Å²) in [5.74, 6) is 1.23. The van der Waals surface area contributed by atoms with Gasteiger partial charge in [-0.3, -0.25) is 9.89 Å². The molecule has 0 aliphatic carbocycles. The Hall–Kier alpha value is -1.67. The number of hydrogen-bond donors (Lipinski definition) is 3. The van der Waals surface area contributed by atoms with Crippen LogP contribution < -0.4 is 10.6 Å². The van der Waals surface area contributed by atoms with E-state index in [1.165, 1.54) is 10.1 Å². The van der Waals surface area contributed by atoms with Crippen LogP contribution in [0.25, 0.3) is 10.1 Å². The fraction of sp³-hybridized carbons (Fsp3) is 0.550. The number of aliphatic hydroxyl groups is 1. The Labute approximate surface area is 165 Å². The average molecular weight is 391 g/mol. The predicted octanol–water partition coefficient (Wildman–Crippen LogP) is 2.07. The van der Waals surface area contributed by atoms with Crippen molar-refractivity contribution < 1.29 is 9.84 Å². The van der Waals surface area contributed by atoms with E-state index in [4.69, 9.17) is 4.74 Å². The number of nitrogens with zero attached hydrogens (tertiary/aromatic N) is 2. The number of ether oxygens (including phenoxy) is 1. The molecule has 0 amide bonds. The van der Waals surface area contributed by atoms with Crippen molar-refractivity contribution >= 4 is 27.4 Å². The highest BCUT2D eigenvalue weighted by Crippen LogP contribution is 2.29. The lowest BCUT2D eigenvalue weighted by Gasteiger charge is -2.29. The van der Waals surface area contributed by atoms with E-state index in [9.17, 15) is 5.11 Å². The summed E-state index contributed by atoms with van der Waals surface area (Å²) in [6.07, 6.45) is -0.549. The van der Waals surface area contributed by atoms with E-state index in [2.05, 4.69) is 45.6 Å². The molecule has 1 aliphatic rings. The molecular formula is C20H30N4O2S. The second-order valence-electron chi connectivity index (χ2n) is 7.05. The highest BCUT2D eigenvalue weighted by Gasteiger charge is 2.15. The first kappa shape index (κ1) is 20.1. The predicted molar refractivity (Wildman–Crippen MR) is 113 cm³/mol. The molecule has 27 heavy (non-hydrogen) atoms. The lowest BCUT2D eigenvalue weighted by molar-refractivity contribution is 0.0320.